The number of ether oxygens (including phenoxy) is 2. The molecule has 0 radical (unpaired) electrons. The second-order valence-corrected chi connectivity index (χ2v) is 7.53. The highest BCUT2D eigenvalue weighted by Crippen LogP contribution is 2.33. The lowest BCUT2D eigenvalue weighted by molar-refractivity contribution is -0.127. The summed E-state index contributed by atoms with van der Waals surface area (Å²) < 4.78 is 12.3. The number of fused-ring (bicyclic) bond motifs is 1. The fourth-order valence-electron chi connectivity index (χ4n) is 3.66. The SMILES string of the molecule is CCOC(=O)c1cnn(-c2cccc(NC(=O)CN3C(=O)[C@H](C)Oc4ccccc43)c2)c1C. The monoisotopic (exact) mass is 448 g/mol. The molecule has 2 heterocycles. The zero-order chi connectivity index (χ0) is 23.5. The number of carbonyl (C=O) groups excluding carboxylic acids is 3. The van der Waals surface area contributed by atoms with Crippen LogP contribution in [0.3, 0.4) is 0 Å². The van der Waals surface area contributed by atoms with E-state index in [0.717, 1.165) is 0 Å². The van der Waals surface area contributed by atoms with Crippen LogP contribution in [0.5, 0.6) is 5.75 Å². The van der Waals surface area contributed by atoms with Crippen LogP contribution in [-0.2, 0) is 14.3 Å². The van der Waals surface area contributed by atoms with Gasteiger partial charge < -0.3 is 14.8 Å². The molecule has 0 saturated carbocycles. The smallest absolute Gasteiger partial charge is 0.341 e. The van der Waals surface area contributed by atoms with E-state index in [1.807, 2.05) is 12.1 Å². The van der Waals surface area contributed by atoms with Crippen LogP contribution in [0, 0.1) is 6.92 Å². The molecule has 1 N–H and O–H groups in total. The van der Waals surface area contributed by atoms with E-state index in [1.54, 1.807) is 61.9 Å². The molecule has 1 aliphatic rings. The lowest BCUT2D eigenvalue weighted by Gasteiger charge is -2.32. The van der Waals surface area contributed by atoms with Crippen molar-refractivity contribution in [3.8, 4) is 11.4 Å². The number of para-hydroxylation sites is 2. The predicted molar refractivity (Wildman–Crippen MR) is 122 cm³/mol. The van der Waals surface area contributed by atoms with Crippen LogP contribution in [0.25, 0.3) is 5.69 Å². The molecule has 2 amide bonds. The molecule has 1 aliphatic heterocycles. The maximum atomic E-state index is 12.8. The number of nitrogens with zero attached hydrogens (tertiary/aromatic N) is 3. The Bertz CT molecular complexity index is 1220. The zero-order valence-corrected chi connectivity index (χ0v) is 18.6. The Morgan fingerprint density at radius 1 is 1.18 bits per heavy atom. The summed E-state index contributed by atoms with van der Waals surface area (Å²) >= 11 is 0. The van der Waals surface area contributed by atoms with Gasteiger partial charge in [0.15, 0.2) is 6.10 Å². The second-order valence-electron chi connectivity index (χ2n) is 7.53. The molecule has 9 heteroatoms. The number of carbonyl (C=O) groups is 3. The van der Waals surface area contributed by atoms with Crippen LogP contribution < -0.4 is 15.0 Å². The van der Waals surface area contributed by atoms with E-state index in [0.29, 0.717) is 34.1 Å². The normalized spacial score (nSPS) is 14.9. The number of hydrogen-bond acceptors (Lipinski definition) is 6. The van der Waals surface area contributed by atoms with Gasteiger partial charge in [-0.3, -0.25) is 14.5 Å². The molecule has 0 saturated heterocycles. The number of hydrogen-bond donors (Lipinski definition) is 1. The number of anilines is 2. The van der Waals surface area contributed by atoms with Crippen molar-refractivity contribution >= 4 is 29.2 Å². The molecule has 0 spiro atoms. The maximum absolute atomic E-state index is 12.8. The molecule has 1 atom stereocenters. The quantitative estimate of drug-likeness (QED) is 0.582. The summed E-state index contributed by atoms with van der Waals surface area (Å²) in [6, 6.07) is 14.2. The number of benzene rings is 2. The number of rotatable bonds is 6. The van der Waals surface area contributed by atoms with Crippen molar-refractivity contribution < 1.29 is 23.9 Å². The van der Waals surface area contributed by atoms with E-state index in [9.17, 15) is 14.4 Å². The van der Waals surface area contributed by atoms with Crippen LogP contribution in [0.15, 0.2) is 54.7 Å². The van der Waals surface area contributed by atoms with E-state index in [2.05, 4.69) is 10.4 Å². The lowest BCUT2D eigenvalue weighted by Crippen LogP contribution is -2.47. The standard InChI is InChI=1S/C24H24N4O5/c1-4-32-24(31)19-13-25-28(15(19)2)18-9-7-8-17(12-18)26-22(29)14-27-20-10-5-6-11-21(20)33-16(3)23(27)30/h5-13,16H,4,14H2,1-3H3,(H,26,29)/t16-/m0/s1. The predicted octanol–water partition coefficient (Wildman–Crippen LogP) is 3.11. The summed E-state index contributed by atoms with van der Waals surface area (Å²) in [4.78, 5) is 38.9. The first-order valence-electron chi connectivity index (χ1n) is 10.6. The van der Waals surface area contributed by atoms with Crippen LogP contribution in [0.2, 0.25) is 0 Å². The average Bonchev–Trinajstić information content (AvgIpc) is 3.18. The van der Waals surface area contributed by atoms with E-state index in [-0.39, 0.29) is 25.0 Å². The fourth-order valence-corrected chi connectivity index (χ4v) is 3.66. The van der Waals surface area contributed by atoms with Crippen LogP contribution >= 0.6 is 0 Å². The molecule has 33 heavy (non-hydrogen) atoms. The highest BCUT2D eigenvalue weighted by atomic mass is 16.5. The Morgan fingerprint density at radius 3 is 2.76 bits per heavy atom. The van der Waals surface area contributed by atoms with Gasteiger partial charge in [-0.15, -0.1) is 0 Å². The van der Waals surface area contributed by atoms with Gasteiger partial charge in [0.05, 0.1) is 29.9 Å². The van der Waals surface area contributed by atoms with E-state index >= 15 is 0 Å². The van der Waals surface area contributed by atoms with Gasteiger partial charge in [0.1, 0.15) is 17.9 Å². The molecule has 0 fully saturated rings. The first-order valence-corrected chi connectivity index (χ1v) is 10.6. The number of esters is 1. The van der Waals surface area contributed by atoms with Crippen LogP contribution in [0.1, 0.15) is 29.9 Å². The molecule has 1 aromatic heterocycles. The van der Waals surface area contributed by atoms with Gasteiger partial charge in [-0.2, -0.15) is 5.10 Å². The van der Waals surface area contributed by atoms with Gasteiger partial charge in [-0.1, -0.05) is 18.2 Å². The summed E-state index contributed by atoms with van der Waals surface area (Å²) in [5.41, 5.74) is 2.77. The number of aromatic nitrogens is 2. The van der Waals surface area contributed by atoms with Crippen molar-refractivity contribution in [2.75, 3.05) is 23.4 Å². The van der Waals surface area contributed by atoms with Gasteiger partial charge in [-0.25, -0.2) is 9.48 Å². The average molecular weight is 448 g/mol. The minimum atomic E-state index is -0.674. The largest absolute Gasteiger partial charge is 0.479 e. The summed E-state index contributed by atoms with van der Waals surface area (Å²) in [5.74, 6) is -0.508. The van der Waals surface area contributed by atoms with Gasteiger partial charge in [0.2, 0.25) is 5.91 Å². The third-order valence-electron chi connectivity index (χ3n) is 5.25. The molecule has 9 nitrogen and oxygen atoms in total. The van der Waals surface area contributed by atoms with Gasteiger partial charge in [-0.05, 0) is 51.1 Å². The summed E-state index contributed by atoms with van der Waals surface area (Å²) in [6.07, 6.45) is 0.786. The van der Waals surface area contributed by atoms with Crippen molar-refractivity contribution in [3.63, 3.8) is 0 Å². The van der Waals surface area contributed by atoms with Crippen molar-refractivity contribution in [3.05, 3.63) is 66.0 Å². The summed E-state index contributed by atoms with van der Waals surface area (Å²) in [6.45, 7) is 5.30. The zero-order valence-electron chi connectivity index (χ0n) is 18.6. The fraction of sp³-hybridized carbons (Fsp3) is 0.250. The molecule has 0 bridgehead atoms. The Labute approximate surface area is 190 Å². The summed E-state index contributed by atoms with van der Waals surface area (Å²) in [7, 11) is 0. The Morgan fingerprint density at radius 2 is 1.97 bits per heavy atom. The number of nitrogens with one attached hydrogen (secondary N) is 1. The Balaban J connectivity index is 1.51. The molecule has 170 valence electrons. The third kappa shape index (κ3) is 4.43. The van der Waals surface area contributed by atoms with Crippen molar-refractivity contribution in [2.45, 2.75) is 26.9 Å². The van der Waals surface area contributed by atoms with Crippen LogP contribution in [0.4, 0.5) is 11.4 Å². The molecule has 0 unspecified atom stereocenters. The van der Waals surface area contributed by atoms with Gasteiger partial charge in [0, 0.05) is 5.69 Å². The topological polar surface area (TPSA) is 103 Å². The summed E-state index contributed by atoms with van der Waals surface area (Å²) in [5, 5.41) is 7.11. The minimum absolute atomic E-state index is 0.151. The Hall–Kier alpha value is -4.14. The Kier molecular flexibility index (Phi) is 6.12. The number of amides is 2. The van der Waals surface area contributed by atoms with Crippen LogP contribution in [-0.4, -0.2) is 46.8 Å². The maximum Gasteiger partial charge on any atom is 0.341 e. The highest BCUT2D eigenvalue weighted by molar-refractivity contribution is 6.06. The van der Waals surface area contributed by atoms with Gasteiger partial charge >= 0.3 is 5.97 Å². The van der Waals surface area contributed by atoms with Gasteiger partial charge in [0.25, 0.3) is 5.91 Å². The molecular formula is C24H24N4O5. The van der Waals surface area contributed by atoms with E-state index in [4.69, 9.17) is 9.47 Å². The van der Waals surface area contributed by atoms with E-state index < -0.39 is 12.1 Å². The van der Waals surface area contributed by atoms with Crippen molar-refractivity contribution in [2.24, 2.45) is 0 Å². The van der Waals surface area contributed by atoms with E-state index in [1.165, 1.54) is 11.1 Å². The first kappa shape index (κ1) is 22.1. The first-order chi connectivity index (χ1) is 15.9. The second kappa shape index (κ2) is 9.15. The van der Waals surface area contributed by atoms with Crippen molar-refractivity contribution in [1.82, 2.24) is 9.78 Å². The van der Waals surface area contributed by atoms with Crippen molar-refractivity contribution in [1.29, 1.82) is 0 Å². The highest BCUT2D eigenvalue weighted by Gasteiger charge is 2.32. The lowest BCUT2D eigenvalue weighted by atomic mass is 10.2. The molecular weight excluding hydrogens is 424 g/mol. The third-order valence-corrected chi connectivity index (χ3v) is 5.25. The molecule has 0 aliphatic carbocycles. The minimum Gasteiger partial charge on any atom is -0.479 e. The molecule has 2 aromatic carbocycles. The molecule has 4 rings (SSSR count). The molecule has 3 aromatic rings.